The van der Waals surface area contributed by atoms with Gasteiger partial charge in [0.1, 0.15) is 34.7 Å². The van der Waals surface area contributed by atoms with E-state index in [9.17, 15) is 28.8 Å². The summed E-state index contributed by atoms with van der Waals surface area (Å²) >= 11 is 0. The van der Waals surface area contributed by atoms with Gasteiger partial charge in [-0.2, -0.15) is 0 Å². The zero-order chi connectivity index (χ0) is 32.6. The SMILES string of the molecule is CC(C)(C)C(=O)CC(=O)C(C)(C)C.CC(C)(C)C(=O)CC(=O)C(C)(C)C.CC(C)(C)C(=O)CC(=O)C(C)(C)C.[Y+3]. The average Bonchev–Trinajstić information content (AvgIpc) is 2.64. The summed E-state index contributed by atoms with van der Waals surface area (Å²) in [6, 6.07) is 0. The third-order valence-corrected chi connectivity index (χ3v) is 5.98. The maximum absolute atomic E-state index is 11.5. The first kappa shape index (κ1) is 46.1. The van der Waals surface area contributed by atoms with Crippen LogP contribution in [0.4, 0.5) is 0 Å². The molecule has 0 radical (unpaired) electrons. The van der Waals surface area contributed by atoms with Crippen LogP contribution in [-0.2, 0) is 61.5 Å². The van der Waals surface area contributed by atoms with Gasteiger partial charge >= 0.3 is 32.7 Å². The Balaban J connectivity index is -0.000000240. The molecule has 0 heterocycles. The summed E-state index contributed by atoms with van der Waals surface area (Å²) in [7, 11) is 0. The molecule has 0 aliphatic rings. The molecule has 0 saturated heterocycles. The molecule has 0 bridgehead atoms. The van der Waals surface area contributed by atoms with E-state index in [0.29, 0.717) is 0 Å². The first-order valence-corrected chi connectivity index (χ1v) is 13.8. The van der Waals surface area contributed by atoms with Crippen LogP contribution in [0.25, 0.3) is 0 Å². The molecular formula is C33H60O6Y+3. The van der Waals surface area contributed by atoms with E-state index >= 15 is 0 Å². The Bertz CT molecular complexity index is 693. The van der Waals surface area contributed by atoms with E-state index in [1.54, 1.807) is 0 Å². The fourth-order valence-electron chi connectivity index (χ4n) is 2.03. The second-order valence-corrected chi connectivity index (χ2v) is 16.6. The van der Waals surface area contributed by atoms with Crippen LogP contribution in [0.1, 0.15) is 144 Å². The molecule has 0 amide bonds. The maximum Gasteiger partial charge on any atom is 3.00 e. The summed E-state index contributed by atoms with van der Waals surface area (Å²) in [6.07, 6.45) is 0.187. The van der Waals surface area contributed by atoms with Crippen molar-refractivity contribution in [2.45, 2.75) is 144 Å². The fraction of sp³-hybridized carbons (Fsp3) is 0.818. The van der Waals surface area contributed by atoms with E-state index in [0.717, 1.165) is 0 Å². The molecule has 0 spiro atoms. The van der Waals surface area contributed by atoms with Crippen LogP contribution in [0.15, 0.2) is 0 Å². The van der Waals surface area contributed by atoms with E-state index < -0.39 is 32.5 Å². The molecule has 7 heteroatoms. The van der Waals surface area contributed by atoms with E-state index in [-0.39, 0.29) is 86.7 Å². The molecule has 0 fully saturated rings. The molecule has 6 nitrogen and oxygen atoms in total. The zero-order valence-corrected chi connectivity index (χ0v) is 32.0. The largest absolute Gasteiger partial charge is 3.00 e. The first-order chi connectivity index (χ1) is 16.6. The zero-order valence-electron chi connectivity index (χ0n) is 29.1. The molecule has 0 atom stereocenters. The van der Waals surface area contributed by atoms with Gasteiger partial charge in [-0.15, -0.1) is 0 Å². The summed E-state index contributed by atoms with van der Waals surface area (Å²) < 4.78 is 0. The van der Waals surface area contributed by atoms with E-state index in [4.69, 9.17) is 0 Å². The summed E-state index contributed by atoms with van der Waals surface area (Å²) in [6.45, 7) is 33.1. The van der Waals surface area contributed by atoms with Crippen molar-refractivity contribution in [3.8, 4) is 0 Å². The molecule has 228 valence electrons. The predicted molar refractivity (Wildman–Crippen MR) is 161 cm³/mol. The minimum Gasteiger partial charge on any atom is -0.299 e. The quantitative estimate of drug-likeness (QED) is 0.274. The van der Waals surface area contributed by atoms with Crippen molar-refractivity contribution < 1.29 is 61.5 Å². The summed E-state index contributed by atoms with van der Waals surface area (Å²) in [5.41, 5.74) is -2.41. The minimum atomic E-state index is -0.402. The van der Waals surface area contributed by atoms with Crippen molar-refractivity contribution in [2.24, 2.45) is 32.5 Å². The van der Waals surface area contributed by atoms with Crippen molar-refractivity contribution in [3.63, 3.8) is 0 Å². The Hall–Kier alpha value is -0.876. The van der Waals surface area contributed by atoms with Crippen LogP contribution in [0, 0.1) is 32.5 Å². The predicted octanol–water partition coefficient (Wildman–Crippen LogP) is 7.82. The van der Waals surface area contributed by atoms with Crippen LogP contribution in [0.3, 0.4) is 0 Å². The van der Waals surface area contributed by atoms with Crippen LogP contribution >= 0.6 is 0 Å². The van der Waals surface area contributed by atoms with Crippen molar-refractivity contribution in [3.05, 3.63) is 0 Å². The molecular weight excluding hydrogens is 581 g/mol. The molecule has 40 heavy (non-hydrogen) atoms. The van der Waals surface area contributed by atoms with Gasteiger partial charge in [-0.3, -0.25) is 28.8 Å². The van der Waals surface area contributed by atoms with Gasteiger partial charge in [0.2, 0.25) is 0 Å². The number of hydrogen-bond acceptors (Lipinski definition) is 6. The topological polar surface area (TPSA) is 102 Å². The third-order valence-electron chi connectivity index (χ3n) is 5.98. The van der Waals surface area contributed by atoms with E-state index in [1.165, 1.54) is 0 Å². The molecule has 0 unspecified atom stereocenters. The molecule has 0 aromatic heterocycles. The Kier molecular flexibility index (Phi) is 19.2. The second kappa shape index (κ2) is 16.7. The first-order valence-electron chi connectivity index (χ1n) is 13.8. The Morgan fingerprint density at radius 3 is 0.400 bits per heavy atom. The third kappa shape index (κ3) is 21.8. The monoisotopic (exact) mass is 641 g/mol. The van der Waals surface area contributed by atoms with Crippen molar-refractivity contribution >= 4 is 34.7 Å². The number of rotatable bonds is 6. The Morgan fingerprint density at radius 2 is 0.350 bits per heavy atom. The van der Waals surface area contributed by atoms with Crippen molar-refractivity contribution in [1.29, 1.82) is 0 Å². The smallest absolute Gasteiger partial charge is 0.299 e. The van der Waals surface area contributed by atoms with Crippen LogP contribution in [0.2, 0.25) is 0 Å². The Morgan fingerprint density at radius 1 is 0.275 bits per heavy atom. The molecule has 0 aliphatic carbocycles. The van der Waals surface area contributed by atoms with Gasteiger partial charge in [-0.1, -0.05) is 125 Å². The van der Waals surface area contributed by atoms with Gasteiger partial charge < -0.3 is 0 Å². The van der Waals surface area contributed by atoms with Gasteiger partial charge in [0.05, 0.1) is 19.3 Å². The number of ketones is 6. The summed E-state index contributed by atoms with van der Waals surface area (Å²) in [5.74, 6) is 0.125. The Labute approximate surface area is 271 Å². The normalized spacial score (nSPS) is 12.4. The molecule has 0 N–H and O–H groups in total. The van der Waals surface area contributed by atoms with E-state index in [1.807, 2.05) is 125 Å². The van der Waals surface area contributed by atoms with Gasteiger partial charge in [-0.05, 0) is 0 Å². The van der Waals surface area contributed by atoms with Crippen molar-refractivity contribution in [1.82, 2.24) is 0 Å². The van der Waals surface area contributed by atoms with E-state index in [2.05, 4.69) is 0 Å². The molecule has 0 rings (SSSR count). The van der Waals surface area contributed by atoms with Gasteiger partial charge in [0.15, 0.2) is 0 Å². The molecule has 0 aromatic rings. The summed E-state index contributed by atoms with van der Waals surface area (Å²) in [5, 5.41) is 0. The number of Topliss-reactive ketones (excluding diaryl/α,β-unsaturated/α-hetero) is 6. The average molecular weight is 642 g/mol. The fourth-order valence-corrected chi connectivity index (χ4v) is 2.03. The molecule has 0 saturated carbocycles. The standard InChI is InChI=1S/3C11H20O2.Y/c3*1-10(2,3)8(12)7-9(13)11(4,5)6;/h3*7H2,1-6H3;/q;;;+3. The van der Waals surface area contributed by atoms with Gasteiger partial charge in [-0.25, -0.2) is 0 Å². The number of hydrogen-bond donors (Lipinski definition) is 0. The molecule has 0 aliphatic heterocycles. The van der Waals surface area contributed by atoms with Gasteiger partial charge in [0.25, 0.3) is 0 Å². The second-order valence-electron chi connectivity index (χ2n) is 16.6. The number of carbonyl (C=O) groups is 6. The number of carbonyl (C=O) groups excluding carboxylic acids is 6. The van der Waals surface area contributed by atoms with Crippen LogP contribution < -0.4 is 0 Å². The van der Waals surface area contributed by atoms with Gasteiger partial charge in [0, 0.05) is 32.5 Å². The maximum atomic E-state index is 11.5. The van der Waals surface area contributed by atoms with Crippen LogP contribution in [-0.4, -0.2) is 34.7 Å². The molecule has 0 aromatic carbocycles. The van der Waals surface area contributed by atoms with Crippen LogP contribution in [0.5, 0.6) is 0 Å². The minimum absolute atomic E-state index is 0. The van der Waals surface area contributed by atoms with Crippen molar-refractivity contribution in [2.75, 3.05) is 0 Å². The summed E-state index contributed by atoms with van der Waals surface area (Å²) in [4.78, 5) is 69.0.